The number of piperazine rings is 1. The Morgan fingerprint density at radius 2 is 2.19 bits per heavy atom. The second-order valence-corrected chi connectivity index (χ2v) is 3.59. The lowest BCUT2D eigenvalue weighted by atomic mass is 10.3. The van der Waals surface area contributed by atoms with Gasteiger partial charge in [0.05, 0.1) is 6.61 Å². The Kier molecular flexibility index (Phi) is 3.40. The molecule has 6 nitrogen and oxygen atoms in total. The molecule has 88 valence electrons. The van der Waals surface area contributed by atoms with Crippen LogP contribution in [0, 0.1) is 0 Å². The van der Waals surface area contributed by atoms with Crippen molar-refractivity contribution < 1.29 is 4.74 Å². The Morgan fingerprint density at radius 1 is 1.44 bits per heavy atom. The summed E-state index contributed by atoms with van der Waals surface area (Å²) in [6.07, 6.45) is 1.50. The van der Waals surface area contributed by atoms with Crippen LogP contribution in [0.25, 0.3) is 0 Å². The number of aromatic nitrogens is 2. The normalized spacial score (nSPS) is 16.2. The van der Waals surface area contributed by atoms with Gasteiger partial charge in [0.1, 0.15) is 12.0 Å². The fourth-order valence-electron chi connectivity index (χ4n) is 1.75. The molecule has 0 saturated carbocycles. The fourth-order valence-corrected chi connectivity index (χ4v) is 1.75. The second-order valence-electron chi connectivity index (χ2n) is 3.59. The van der Waals surface area contributed by atoms with Crippen LogP contribution in [-0.4, -0.2) is 42.8 Å². The molecule has 1 aromatic heterocycles. The first-order valence-electron chi connectivity index (χ1n) is 5.52. The average Bonchev–Trinajstić information content (AvgIpc) is 2.33. The average molecular weight is 223 g/mol. The summed E-state index contributed by atoms with van der Waals surface area (Å²) >= 11 is 0. The Morgan fingerprint density at radius 3 is 2.88 bits per heavy atom. The molecule has 2 rings (SSSR count). The highest BCUT2D eigenvalue weighted by molar-refractivity contribution is 5.67. The lowest BCUT2D eigenvalue weighted by molar-refractivity contribution is 0.328. The summed E-state index contributed by atoms with van der Waals surface area (Å²) in [5.41, 5.74) is 6.52. The van der Waals surface area contributed by atoms with Crippen LogP contribution < -0.4 is 20.7 Å². The number of nitrogens with zero attached hydrogens (tertiary/aromatic N) is 3. The summed E-state index contributed by atoms with van der Waals surface area (Å²) in [6.45, 7) is 6.19. The van der Waals surface area contributed by atoms with E-state index >= 15 is 0 Å². The van der Waals surface area contributed by atoms with Crippen molar-refractivity contribution in [2.45, 2.75) is 6.92 Å². The molecule has 0 amide bonds. The molecule has 2 heterocycles. The topological polar surface area (TPSA) is 76.3 Å². The lowest BCUT2D eigenvalue weighted by Gasteiger charge is -2.29. The molecule has 6 heteroatoms. The van der Waals surface area contributed by atoms with E-state index in [1.807, 2.05) is 6.92 Å². The molecular formula is C10H17N5O. The first kappa shape index (κ1) is 10.9. The standard InChI is InChI=1S/C10H17N5O/c1-2-16-10-8(11)9(13-7-14-10)15-5-3-12-4-6-15/h7,12H,2-6,11H2,1H3. The maximum atomic E-state index is 5.99. The van der Waals surface area contributed by atoms with Crippen LogP contribution in [0.1, 0.15) is 6.92 Å². The van der Waals surface area contributed by atoms with Crippen LogP contribution >= 0.6 is 0 Å². The first-order chi connectivity index (χ1) is 7.83. The van der Waals surface area contributed by atoms with Gasteiger partial charge in [0.15, 0.2) is 5.82 Å². The number of hydrogen-bond acceptors (Lipinski definition) is 6. The van der Waals surface area contributed by atoms with Crippen molar-refractivity contribution in [3.63, 3.8) is 0 Å². The smallest absolute Gasteiger partial charge is 0.242 e. The Hall–Kier alpha value is -1.56. The monoisotopic (exact) mass is 223 g/mol. The van der Waals surface area contributed by atoms with E-state index in [0.717, 1.165) is 32.0 Å². The number of ether oxygens (including phenoxy) is 1. The van der Waals surface area contributed by atoms with Gasteiger partial charge in [-0.1, -0.05) is 0 Å². The van der Waals surface area contributed by atoms with E-state index in [9.17, 15) is 0 Å². The second kappa shape index (κ2) is 4.98. The fraction of sp³-hybridized carbons (Fsp3) is 0.600. The van der Waals surface area contributed by atoms with Crippen molar-refractivity contribution in [1.29, 1.82) is 0 Å². The minimum Gasteiger partial charge on any atom is -0.476 e. The minimum atomic E-state index is 0.478. The van der Waals surface area contributed by atoms with Gasteiger partial charge in [-0.2, -0.15) is 4.98 Å². The number of nitrogens with two attached hydrogens (primary N) is 1. The van der Waals surface area contributed by atoms with Gasteiger partial charge in [-0.25, -0.2) is 4.98 Å². The highest BCUT2D eigenvalue weighted by Gasteiger charge is 2.17. The van der Waals surface area contributed by atoms with Gasteiger partial charge in [0, 0.05) is 26.2 Å². The van der Waals surface area contributed by atoms with Gasteiger partial charge < -0.3 is 20.7 Å². The molecule has 1 aliphatic heterocycles. The summed E-state index contributed by atoms with van der Waals surface area (Å²) < 4.78 is 5.35. The van der Waals surface area contributed by atoms with Crippen LogP contribution in [0.3, 0.4) is 0 Å². The lowest BCUT2D eigenvalue weighted by Crippen LogP contribution is -2.44. The highest BCUT2D eigenvalue weighted by Crippen LogP contribution is 2.27. The molecular weight excluding hydrogens is 206 g/mol. The van der Waals surface area contributed by atoms with Crippen molar-refractivity contribution in [2.24, 2.45) is 0 Å². The van der Waals surface area contributed by atoms with Crippen molar-refractivity contribution in [1.82, 2.24) is 15.3 Å². The molecule has 16 heavy (non-hydrogen) atoms. The Balaban J connectivity index is 2.22. The molecule has 0 unspecified atom stereocenters. The third kappa shape index (κ3) is 2.16. The van der Waals surface area contributed by atoms with Gasteiger partial charge in [-0.05, 0) is 6.92 Å². The van der Waals surface area contributed by atoms with Crippen LogP contribution in [0.5, 0.6) is 5.88 Å². The highest BCUT2D eigenvalue weighted by atomic mass is 16.5. The van der Waals surface area contributed by atoms with Gasteiger partial charge in [0.25, 0.3) is 0 Å². The number of nitrogen functional groups attached to an aromatic ring is 1. The summed E-state index contributed by atoms with van der Waals surface area (Å²) in [6, 6.07) is 0. The molecule has 0 atom stereocenters. The number of anilines is 2. The van der Waals surface area contributed by atoms with E-state index in [1.165, 1.54) is 6.33 Å². The molecule has 0 bridgehead atoms. The SMILES string of the molecule is CCOc1ncnc(N2CCNCC2)c1N. The summed E-state index contributed by atoms with van der Waals surface area (Å²) in [4.78, 5) is 10.4. The van der Waals surface area contributed by atoms with Crippen LogP contribution in [0.4, 0.5) is 11.5 Å². The summed E-state index contributed by atoms with van der Waals surface area (Å²) in [5, 5.41) is 3.29. The van der Waals surface area contributed by atoms with Gasteiger partial charge >= 0.3 is 0 Å². The van der Waals surface area contributed by atoms with E-state index in [-0.39, 0.29) is 0 Å². The number of rotatable bonds is 3. The quantitative estimate of drug-likeness (QED) is 0.743. The molecule has 1 aromatic rings. The van der Waals surface area contributed by atoms with Gasteiger partial charge in [0.2, 0.25) is 5.88 Å². The summed E-state index contributed by atoms with van der Waals surface area (Å²) in [7, 11) is 0. The maximum Gasteiger partial charge on any atom is 0.242 e. The molecule has 1 saturated heterocycles. The largest absolute Gasteiger partial charge is 0.476 e. The van der Waals surface area contributed by atoms with Crippen molar-refractivity contribution in [3.8, 4) is 5.88 Å². The zero-order chi connectivity index (χ0) is 11.4. The number of hydrogen-bond donors (Lipinski definition) is 2. The third-order valence-corrected chi connectivity index (χ3v) is 2.52. The maximum absolute atomic E-state index is 5.99. The zero-order valence-corrected chi connectivity index (χ0v) is 9.44. The van der Waals surface area contributed by atoms with E-state index in [4.69, 9.17) is 10.5 Å². The molecule has 0 aromatic carbocycles. The van der Waals surface area contributed by atoms with E-state index in [1.54, 1.807) is 0 Å². The molecule has 3 N–H and O–H groups in total. The van der Waals surface area contributed by atoms with Crippen LogP contribution in [0.2, 0.25) is 0 Å². The zero-order valence-electron chi connectivity index (χ0n) is 9.44. The van der Waals surface area contributed by atoms with Crippen molar-refractivity contribution in [3.05, 3.63) is 6.33 Å². The Labute approximate surface area is 94.8 Å². The van der Waals surface area contributed by atoms with E-state index in [2.05, 4.69) is 20.2 Å². The van der Waals surface area contributed by atoms with Crippen LogP contribution in [-0.2, 0) is 0 Å². The predicted molar refractivity (Wildman–Crippen MR) is 62.7 cm³/mol. The molecule has 1 fully saturated rings. The molecule has 1 aliphatic rings. The van der Waals surface area contributed by atoms with E-state index in [0.29, 0.717) is 18.2 Å². The Bertz CT molecular complexity index is 351. The third-order valence-electron chi connectivity index (χ3n) is 2.52. The van der Waals surface area contributed by atoms with Crippen LogP contribution in [0.15, 0.2) is 6.33 Å². The van der Waals surface area contributed by atoms with Gasteiger partial charge in [-0.3, -0.25) is 0 Å². The molecule has 0 aliphatic carbocycles. The first-order valence-corrected chi connectivity index (χ1v) is 5.52. The number of nitrogens with one attached hydrogen (secondary N) is 1. The molecule has 0 radical (unpaired) electrons. The minimum absolute atomic E-state index is 0.478. The van der Waals surface area contributed by atoms with E-state index < -0.39 is 0 Å². The summed E-state index contributed by atoms with van der Waals surface area (Å²) in [5.74, 6) is 1.26. The predicted octanol–water partition coefficient (Wildman–Crippen LogP) is -0.133. The van der Waals surface area contributed by atoms with Gasteiger partial charge in [-0.15, -0.1) is 0 Å². The molecule has 0 spiro atoms. The van der Waals surface area contributed by atoms with Crippen molar-refractivity contribution in [2.75, 3.05) is 43.4 Å². The van der Waals surface area contributed by atoms with Crippen molar-refractivity contribution >= 4 is 11.5 Å².